The van der Waals surface area contributed by atoms with E-state index in [1.54, 1.807) is 6.07 Å². The third kappa shape index (κ3) is 4.19. The predicted molar refractivity (Wildman–Crippen MR) is 57.2 cm³/mol. The number of carbonyl (C=O) groups excluding carboxylic acids is 1. The van der Waals surface area contributed by atoms with Gasteiger partial charge in [-0.25, -0.2) is 4.98 Å². The van der Waals surface area contributed by atoms with Gasteiger partial charge in [0.05, 0.1) is 0 Å². The van der Waals surface area contributed by atoms with Crippen molar-refractivity contribution in [2.45, 2.75) is 33.1 Å². The molecule has 2 nitrogen and oxygen atoms in total. The maximum atomic E-state index is 12.7. The van der Waals surface area contributed by atoms with Gasteiger partial charge in [0, 0.05) is 24.2 Å². The Morgan fingerprint density at radius 3 is 2.87 bits per heavy atom. The Balaban J connectivity index is 2.47. The summed E-state index contributed by atoms with van der Waals surface area (Å²) in [6, 6.07) is 2.75. The molecule has 0 N–H and O–H groups in total. The van der Waals surface area contributed by atoms with Crippen LogP contribution in [0.2, 0.25) is 0 Å². The van der Waals surface area contributed by atoms with Gasteiger partial charge in [0.25, 0.3) is 0 Å². The maximum absolute atomic E-state index is 12.7. The third-order valence-corrected chi connectivity index (χ3v) is 2.23. The quantitative estimate of drug-likeness (QED) is 0.550. The molecule has 15 heavy (non-hydrogen) atoms. The Morgan fingerprint density at radius 1 is 1.53 bits per heavy atom. The van der Waals surface area contributed by atoms with Crippen LogP contribution < -0.4 is 0 Å². The summed E-state index contributed by atoms with van der Waals surface area (Å²) in [7, 11) is 0. The largest absolute Gasteiger partial charge is 0.294 e. The molecule has 0 saturated heterocycles. The van der Waals surface area contributed by atoms with Gasteiger partial charge in [-0.2, -0.15) is 4.39 Å². The zero-order valence-electron chi connectivity index (χ0n) is 9.16. The van der Waals surface area contributed by atoms with Crippen LogP contribution in [-0.2, 0) is 0 Å². The van der Waals surface area contributed by atoms with Crippen LogP contribution in [0.1, 0.15) is 43.5 Å². The van der Waals surface area contributed by atoms with Crippen molar-refractivity contribution >= 4 is 5.78 Å². The van der Waals surface area contributed by atoms with Crippen LogP contribution in [0.4, 0.5) is 4.39 Å². The molecule has 1 heterocycles. The number of Topliss-reactive ketones (excluding diaryl/α,β-unsaturated/α-hetero) is 1. The van der Waals surface area contributed by atoms with Gasteiger partial charge >= 0.3 is 0 Å². The van der Waals surface area contributed by atoms with Gasteiger partial charge in [-0.15, -0.1) is 0 Å². The lowest BCUT2D eigenvalue weighted by Gasteiger charge is -2.03. The van der Waals surface area contributed by atoms with E-state index in [4.69, 9.17) is 0 Å². The van der Waals surface area contributed by atoms with E-state index >= 15 is 0 Å². The molecule has 0 atom stereocenters. The molecule has 0 fully saturated rings. The van der Waals surface area contributed by atoms with Gasteiger partial charge in [-0.3, -0.25) is 4.79 Å². The van der Waals surface area contributed by atoms with Crippen molar-refractivity contribution in [1.29, 1.82) is 0 Å². The first kappa shape index (κ1) is 11.8. The van der Waals surface area contributed by atoms with Crippen LogP contribution in [0.5, 0.6) is 0 Å². The van der Waals surface area contributed by atoms with Crippen LogP contribution in [-0.4, -0.2) is 10.8 Å². The highest BCUT2D eigenvalue weighted by molar-refractivity contribution is 5.95. The fraction of sp³-hybridized carbons (Fsp3) is 0.500. The number of halogens is 1. The van der Waals surface area contributed by atoms with Crippen LogP contribution in [0.15, 0.2) is 18.3 Å². The minimum atomic E-state index is -0.593. The standard InChI is InChI=1S/C12H16FNO/c1-9(2)4-3-5-11(15)10-6-7-14-12(13)8-10/h6-9H,3-5H2,1-2H3. The molecule has 0 radical (unpaired) electrons. The lowest BCUT2D eigenvalue weighted by molar-refractivity contribution is 0.0977. The molecule has 0 bridgehead atoms. The topological polar surface area (TPSA) is 30.0 Å². The number of pyridine rings is 1. The molecule has 0 aliphatic carbocycles. The van der Waals surface area contributed by atoms with E-state index in [1.165, 1.54) is 12.3 Å². The average Bonchev–Trinajstić information content (AvgIpc) is 2.17. The summed E-state index contributed by atoms with van der Waals surface area (Å²) in [5.74, 6) is 0.00800. The highest BCUT2D eigenvalue weighted by Crippen LogP contribution is 2.10. The molecular formula is C12H16FNO. The van der Waals surface area contributed by atoms with Crippen molar-refractivity contribution in [2.24, 2.45) is 5.92 Å². The summed E-state index contributed by atoms with van der Waals surface area (Å²) >= 11 is 0. The number of hydrogen-bond donors (Lipinski definition) is 0. The first-order valence-electron chi connectivity index (χ1n) is 5.24. The summed E-state index contributed by atoms with van der Waals surface area (Å²) in [4.78, 5) is 15.0. The Morgan fingerprint density at radius 2 is 2.27 bits per heavy atom. The number of aromatic nitrogens is 1. The Hall–Kier alpha value is -1.25. The fourth-order valence-electron chi connectivity index (χ4n) is 1.39. The highest BCUT2D eigenvalue weighted by Gasteiger charge is 2.07. The van der Waals surface area contributed by atoms with Crippen molar-refractivity contribution < 1.29 is 9.18 Å². The van der Waals surface area contributed by atoms with E-state index in [0.29, 0.717) is 17.9 Å². The molecule has 0 aromatic carbocycles. The van der Waals surface area contributed by atoms with Gasteiger partial charge in [0.1, 0.15) is 0 Å². The van der Waals surface area contributed by atoms with Crippen molar-refractivity contribution in [3.05, 3.63) is 29.8 Å². The van der Waals surface area contributed by atoms with E-state index in [2.05, 4.69) is 18.8 Å². The van der Waals surface area contributed by atoms with E-state index in [1.807, 2.05) is 0 Å². The molecule has 0 aliphatic heterocycles. The van der Waals surface area contributed by atoms with Crippen LogP contribution in [0, 0.1) is 11.9 Å². The van der Waals surface area contributed by atoms with Gasteiger partial charge in [-0.1, -0.05) is 20.3 Å². The summed E-state index contributed by atoms with van der Waals surface area (Å²) in [5, 5.41) is 0. The molecule has 1 aromatic rings. The minimum Gasteiger partial charge on any atom is -0.294 e. The number of nitrogens with zero attached hydrogens (tertiary/aromatic N) is 1. The molecule has 82 valence electrons. The fourth-order valence-corrected chi connectivity index (χ4v) is 1.39. The molecule has 0 amide bonds. The van der Waals surface area contributed by atoms with Gasteiger partial charge in [0.2, 0.25) is 5.95 Å². The van der Waals surface area contributed by atoms with E-state index < -0.39 is 5.95 Å². The molecule has 1 aromatic heterocycles. The number of hydrogen-bond acceptors (Lipinski definition) is 2. The maximum Gasteiger partial charge on any atom is 0.213 e. The van der Waals surface area contributed by atoms with Crippen molar-refractivity contribution in [1.82, 2.24) is 4.98 Å². The highest BCUT2D eigenvalue weighted by atomic mass is 19.1. The molecule has 0 saturated carbocycles. The first-order chi connectivity index (χ1) is 7.09. The zero-order valence-corrected chi connectivity index (χ0v) is 9.16. The monoisotopic (exact) mass is 209 g/mol. The molecule has 0 spiro atoms. The molecule has 0 unspecified atom stereocenters. The van der Waals surface area contributed by atoms with Crippen LogP contribution in [0.25, 0.3) is 0 Å². The second kappa shape index (κ2) is 5.59. The van der Waals surface area contributed by atoms with Gasteiger partial charge in [0.15, 0.2) is 5.78 Å². The lowest BCUT2D eigenvalue weighted by Crippen LogP contribution is -2.01. The average molecular weight is 209 g/mol. The zero-order chi connectivity index (χ0) is 11.3. The van der Waals surface area contributed by atoms with E-state index in [-0.39, 0.29) is 5.78 Å². The summed E-state index contributed by atoms with van der Waals surface area (Å²) in [5.41, 5.74) is 0.422. The summed E-state index contributed by atoms with van der Waals surface area (Å²) in [6.07, 6.45) is 3.70. The molecule has 0 aliphatic rings. The number of carbonyl (C=O) groups is 1. The predicted octanol–water partition coefficient (Wildman–Crippen LogP) is 3.23. The minimum absolute atomic E-state index is 0.00282. The molecular weight excluding hydrogens is 193 g/mol. The van der Waals surface area contributed by atoms with Gasteiger partial charge in [-0.05, 0) is 18.4 Å². The molecule has 3 heteroatoms. The third-order valence-electron chi connectivity index (χ3n) is 2.23. The lowest BCUT2D eigenvalue weighted by atomic mass is 10.0. The second-order valence-corrected chi connectivity index (χ2v) is 4.08. The Labute approximate surface area is 89.5 Å². The van der Waals surface area contributed by atoms with Crippen molar-refractivity contribution in [2.75, 3.05) is 0 Å². The van der Waals surface area contributed by atoms with Crippen LogP contribution >= 0.6 is 0 Å². The summed E-state index contributed by atoms with van der Waals surface area (Å²) in [6.45, 7) is 4.24. The Bertz CT molecular complexity index is 336. The van der Waals surface area contributed by atoms with Crippen molar-refractivity contribution in [3.8, 4) is 0 Å². The van der Waals surface area contributed by atoms with E-state index in [9.17, 15) is 9.18 Å². The van der Waals surface area contributed by atoms with Crippen LogP contribution in [0.3, 0.4) is 0 Å². The second-order valence-electron chi connectivity index (χ2n) is 4.08. The number of rotatable bonds is 5. The summed E-state index contributed by atoms with van der Waals surface area (Å²) < 4.78 is 12.7. The smallest absolute Gasteiger partial charge is 0.213 e. The molecule has 1 rings (SSSR count). The Kier molecular flexibility index (Phi) is 4.40. The van der Waals surface area contributed by atoms with E-state index in [0.717, 1.165) is 12.8 Å². The SMILES string of the molecule is CC(C)CCCC(=O)c1ccnc(F)c1. The first-order valence-corrected chi connectivity index (χ1v) is 5.24. The van der Waals surface area contributed by atoms with Gasteiger partial charge < -0.3 is 0 Å². The number of ketones is 1. The van der Waals surface area contributed by atoms with Crippen molar-refractivity contribution in [3.63, 3.8) is 0 Å². The normalized spacial score (nSPS) is 10.7.